The number of carbonyl (C=O) groups is 1. The maximum atomic E-state index is 10.3. The van der Waals surface area contributed by atoms with Crippen molar-refractivity contribution in [3.8, 4) is 0 Å². The lowest BCUT2D eigenvalue weighted by atomic mass is 10.2. The topological polar surface area (TPSA) is 54.4 Å². The van der Waals surface area contributed by atoms with Crippen LogP contribution in [0.2, 0.25) is 0 Å². The monoisotopic (exact) mass is 169 g/mol. The summed E-state index contributed by atoms with van der Waals surface area (Å²) in [4.78, 5) is 10.3. The molecule has 1 rings (SSSR count). The van der Waals surface area contributed by atoms with Crippen LogP contribution in [0, 0.1) is 0 Å². The molecular formula is C7H6O3P+. The number of carboxylic acids is 1. The first-order valence-corrected chi connectivity index (χ1v) is 3.86. The minimum absolute atomic E-state index is 0.215. The van der Waals surface area contributed by atoms with E-state index in [1.807, 2.05) is 0 Å². The van der Waals surface area contributed by atoms with Gasteiger partial charge in [0.2, 0.25) is 0 Å². The Morgan fingerprint density at radius 3 is 2.18 bits per heavy atom. The highest BCUT2D eigenvalue weighted by Crippen LogP contribution is 2.00. The van der Waals surface area contributed by atoms with Crippen molar-refractivity contribution in [1.29, 1.82) is 0 Å². The Labute approximate surface area is 64.9 Å². The molecule has 0 saturated heterocycles. The molecule has 0 aliphatic rings. The molecule has 4 heteroatoms. The Bertz CT molecular complexity index is 278. The van der Waals surface area contributed by atoms with Gasteiger partial charge in [-0.05, 0) is 24.3 Å². The molecule has 3 nitrogen and oxygen atoms in total. The van der Waals surface area contributed by atoms with Gasteiger partial charge in [-0.3, -0.25) is 0 Å². The van der Waals surface area contributed by atoms with Crippen LogP contribution >= 0.6 is 8.46 Å². The average Bonchev–Trinajstić information content (AvgIpc) is 2.05. The average molecular weight is 169 g/mol. The van der Waals surface area contributed by atoms with Gasteiger partial charge in [-0.25, -0.2) is 4.79 Å². The predicted octanol–water partition coefficient (Wildman–Crippen LogP) is 1.03. The standard InChI is InChI=1S/C7H5O3P/c8-7(9)5-1-3-6(11-10)4-2-5/h1-4H,(H,8,9)/p+1. The van der Waals surface area contributed by atoms with E-state index >= 15 is 0 Å². The van der Waals surface area contributed by atoms with Gasteiger partial charge < -0.3 is 5.11 Å². The van der Waals surface area contributed by atoms with Crippen LogP contribution in [0.4, 0.5) is 0 Å². The fraction of sp³-hybridized carbons (Fsp3) is 0. The lowest BCUT2D eigenvalue weighted by Crippen LogP contribution is -1.98. The number of carboxylic acid groups (broad SMARTS) is 1. The number of aromatic carboxylic acids is 1. The summed E-state index contributed by atoms with van der Waals surface area (Å²) in [5, 5.41) is 9.11. The third-order valence-electron chi connectivity index (χ3n) is 1.25. The molecule has 56 valence electrons. The molecule has 1 unspecified atom stereocenters. The van der Waals surface area contributed by atoms with Crippen molar-refractivity contribution < 1.29 is 14.5 Å². The Kier molecular flexibility index (Phi) is 2.34. The SMILES string of the molecule is O=[PH+]c1ccc(C(=O)O)cc1. The van der Waals surface area contributed by atoms with Gasteiger partial charge in [0.15, 0.2) is 5.30 Å². The van der Waals surface area contributed by atoms with Crippen molar-refractivity contribution in [2.75, 3.05) is 0 Å². The van der Waals surface area contributed by atoms with Crippen molar-refractivity contribution in [3.05, 3.63) is 29.8 Å². The van der Waals surface area contributed by atoms with Crippen LogP contribution in [0.3, 0.4) is 0 Å². The molecule has 0 spiro atoms. The minimum Gasteiger partial charge on any atom is -0.478 e. The zero-order chi connectivity index (χ0) is 8.27. The van der Waals surface area contributed by atoms with E-state index in [1.165, 1.54) is 24.3 Å². The van der Waals surface area contributed by atoms with E-state index < -0.39 is 14.4 Å². The summed E-state index contributed by atoms with van der Waals surface area (Å²) in [6.45, 7) is 0. The van der Waals surface area contributed by atoms with Crippen LogP contribution in [0.1, 0.15) is 10.4 Å². The molecule has 11 heavy (non-hydrogen) atoms. The highest BCUT2D eigenvalue weighted by molar-refractivity contribution is 7.34. The molecule has 1 aromatic carbocycles. The second-order valence-electron chi connectivity index (χ2n) is 1.98. The summed E-state index contributed by atoms with van der Waals surface area (Å²) in [7, 11) is -0.523. The number of hydrogen-bond acceptors (Lipinski definition) is 2. The van der Waals surface area contributed by atoms with Gasteiger partial charge in [0.05, 0.1) is 5.56 Å². The number of hydrogen-bond donors (Lipinski definition) is 1. The molecule has 0 fully saturated rings. The molecule has 1 N–H and O–H groups in total. The van der Waals surface area contributed by atoms with Gasteiger partial charge in [0.25, 0.3) is 0 Å². The Morgan fingerprint density at radius 1 is 1.27 bits per heavy atom. The quantitative estimate of drug-likeness (QED) is 0.672. The zero-order valence-corrected chi connectivity index (χ0v) is 6.57. The highest BCUT2D eigenvalue weighted by Gasteiger charge is 2.03. The molecule has 0 radical (unpaired) electrons. The highest BCUT2D eigenvalue weighted by atomic mass is 31.1. The first-order chi connectivity index (χ1) is 5.24. The van der Waals surface area contributed by atoms with E-state index in [1.54, 1.807) is 0 Å². The first-order valence-electron chi connectivity index (χ1n) is 2.95. The Balaban J connectivity index is 3.00. The largest absolute Gasteiger partial charge is 0.478 e. The number of rotatable bonds is 2. The molecule has 0 aromatic heterocycles. The maximum absolute atomic E-state index is 10.3. The van der Waals surface area contributed by atoms with Gasteiger partial charge in [0, 0.05) is 0 Å². The van der Waals surface area contributed by atoms with E-state index in [-0.39, 0.29) is 5.56 Å². The van der Waals surface area contributed by atoms with E-state index in [2.05, 4.69) is 0 Å². The van der Waals surface area contributed by atoms with Gasteiger partial charge in [-0.2, -0.15) is 0 Å². The normalized spacial score (nSPS) is 9.82. The molecule has 0 heterocycles. The molecule has 1 aromatic rings. The summed E-state index contributed by atoms with van der Waals surface area (Å²) in [5.74, 6) is -0.967. The van der Waals surface area contributed by atoms with Crippen LogP contribution in [0.25, 0.3) is 0 Å². The fourth-order valence-corrected chi connectivity index (χ4v) is 0.984. The maximum Gasteiger partial charge on any atom is 0.363 e. The fourth-order valence-electron chi connectivity index (χ4n) is 0.681. The van der Waals surface area contributed by atoms with Gasteiger partial charge in [-0.15, -0.1) is 0 Å². The molecule has 1 atom stereocenters. The van der Waals surface area contributed by atoms with Crippen molar-refractivity contribution in [3.63, 3.8) is 0 Å². The molecule has 0 aliphatic carbocycles. The van der Waals surface area contributed by atoms with Crippen molar-refractivity contribution in [2.45, 2.75) is 0 Å². The summed E-state index contributed by atoms with van der Waals surface area (Å²) in [6, 6.07) is 5.94. The first kappa shape index (κ1) is 7.89. The third-order valence-corrected chi connectivity index (χ3v) is 1.82. The van der Waals surface area contributed by atoms with E-state index in [0.29, 0.717) is 5.30 Å². The second-order valence-corrected chi connectivity index (χ2v) is 2.77. The van der Waals surface area contributed by atoms with Crippen molar-refractivity contribution >= 4 is 19.7 Å². The lowest BCUT2D eigenvalue weighted by Gasteiger charge is -1.88. The van der Waals surface area contributed by atoms with Crippen molar-refractivity contribution in [1.82, 2.24) is 0 Å². The molecule has 0 amide bonds. The van der Waals surface area contributed by atoms with Crippen LogP contribution < -0.4 is 5.30 Å². The van der Waals surface area contributed by atoms with Crippen LogP contribution in [-0.4, -0.2) is 11.1 Å². The molecular weight excluding hydrogens is 163 g/mol. The van der Waals surface area contributed by atoms with Crippen LogP contribution in [0.5, 0.6) is 0 Å². The molecule has 0 bridgehead atoms. The van der Waals surface area contributed by atoms with Crippen LogP contribution in [0.15, 0.2) is 24.3 Å². The van der Waals surface area contributed by atoms with E-state index in [9.17, 15) is 9.36 Å². The van der Waals surface area contributed by atoms with Gasteiger partial charge in [-0.1, -0.05) is 4.57 Å². The summed E-state index contributed by atoms with van der Waals surface area (Å²) in [6.07, 6.45) is 0. The zero-order valence-electron chi connectivity index (χ0n) is 5.57. The predicted molar refractivity (Wildman–Crippen MR) is 42.0 cm³/mol. The van der Waals surface area contributed by atoms with Gasteiger partial charge >= 0.3 is 14.4 Å². The number of benzene rings is 1. The van der Waals surface area contributed by atoms with E-state index in [4.69, 9.17) is 5.11 Å². The Hall–Kier alpha value is -1.21. The summed E-state index contributed by atoms with van der Waals surface area (Å²) in [5.41, 5.74) is 0.215. The summed E-state index contributed by atoms with van der Waals surface area (Å²) < 4.78 is 10.3. The molecule has 0 saturated carbocycles. The smallest absolute Gasteiger partial charge is 0.363 e. The minimum atomic E-state index is -0.967. The summed E-state index contributed by atoms with van der Waals surface area (Å²) >= 11 is 0. The second kappa shape index (κ2) is 3.26. The van der Waals surface area contributed by atoms with Crippen molar-refractivity contribution in [2.24, 2.45) is 0 Å². The lowest BCUT2D eigenvalue weighted by molar-refractivity contribution is 0.0697. The van der Waals surface area contributed by atoms with Crippen LogP contribution in [-0.2, 0) is 4.57 Å². The Morgan fingerprint density at radius 2 is 1.82 bits per heavy atom. The van der Waals surface area contributed by atoms with Gasteiger partial charge in [0.1, 0.15) is 0 Å². The third kappa shape index (κ3) is 1.85. The van der Waals surface area contributed by atoms with E-state index in [0.717, 1.165) is 0 Å². The molecule has 0 aliphatic heterocycles.